The van der Waals surface area contributed by atoms with Crippen molar-refractivity contribution in [2.75, 3.05) is 5.32 Å². The fraction of sp³-hybridized carbons (Fsp3) is 0.150. The van der Waals surface area contributed by atoms with Crippen LogP contribution in [0.2, 0.25) is 5.02 Å². The summed E-state index contributed by atoms with van der Waals surface area (Å²) in [4.78, 5) is 23.9. The Hall–Kier alpha value is -3.12. The topological polar surface area (TPSA) is 81.4 Å². The molecule has 1 amide bonds. The van der Waals surface area contributed by atoms with Gasteiger partial charge in [-0.3, -0.25) is 9.59 Å². The first-order chi connectivity index (χ1) is 12.9. The van der Waals surface area contributed by atoms with Gasteiger partial charge in [-0.25, -0.2) is 0 Å². The number of benzene rings is 2. The molecule has 0 fully saturated rings. The number of amides is 1. The minimum atomic E-state index is -0.419. The van der Waals surface area contributed by atoms with E-state index in [1.165, 1.54) is 6.92 Å². The van der Waals surface area contributed by atoms with Crippen molar-refractivity contribution in [3.8, 4) is 5.75 Å². The predicted octanol–water partition coefficient (Wildman–Crippen LogP) is 4.67. The van der Waals surface area contributed by atoms with Crippen molar-refractivity contribution in [3.05, 3.63) is 76.1 Å². The molecule has 0 aliphatic carbocycles. The third kappa shape index (κ3) is 4.54. The van der Waals surface area contributed by atoms with Crippen LogP contribution < -0.4 is 10.1 Å². The van der Waals surface area contributed by atoms with Crippen molar-refractivity contribution >= 4 is 29.0 Å². The van der Waals surface area contributed by atoms with Crippen LogP contribution in [0.25, 0.3) is 0 Å². The van der Waals surface area contributed by atoms with E-state index in [0.29, 0.717) is 33.3 Å². The number of aryl methyl sites for hydroxylation is 1. The minimum absolute atomic E-state index is 0.0402. The summed E-state index contributed by atoms with van der Waals surface area (Å²) >= 11 is 5.86. The molecule has 0 aliphatic rings. The number of carbonyl (C=O) groups is 2. The molecule has 27 heavy (non-hydrogen) atoms. The number of carbonyl (C=O) groups excluding carboxylic acids is 2. The van der Waals surface area contributed by atoms with Gasteiger partial charge in [-0.05, 0) is 62.4 Å². The SMILES string of the molecule is CC(=O)c1ccc(NC(=O)c2noc(C)c2COc2ccc(Cl)cc2)cc1. The second-order valence-electron chi connectivity index (χ2n) is 5.90. The maximum absolute atomic E-state index is 12.5. The molecule has 0 spiro atoms. The molecule has 0 atom stereocenters. The second-order valence-corrected chi connectivity index (χ2v) is 6.33. The van der Waals surface area contributed by atoms with Gasteiger partial charge in [0.1, 0.15) is 18.1 Å². The fourth-order valence-corrected chi connectivity index (χ4v) is 2.53. The standard InChI is InChI=1S/C20H17ClN2O4/c1-12(24)14-3-7-16(8-4-14)22-20(25)19-18(13(2)27-23-19)11-26-17-9-5-15(21)6-10-17/h3-10H,11H2,1-2H3,(H,22,25). The Balaban J connectivity index is 1.71. The van der Waals surface area contributed by atoms with Crippen molar-refractivity contribution in [2.24, 2.45) is 0 Å². The highest BCUT2D eigenvalue weighted by Gasteiger charge is 2.20. The highest BCUT2D eigenvalue weighted by Crippen LogP contribution is 2.21. The quantitative estimate of drug-likeness (QED) is 0.624. The lowest BCUT2D eigenvalue weighted by Crippen LogP contribution is -2.15. The number of halogens is 1. The van der Waals surface area contributed by atoms with Crippen LogP contribution in [0.5, 0.6) is 5.75 Å². The van der Waals surface area contributed by atoms with Crippen molar-refractivity contribution in [1.29, 1.82) is 0 Å². The Bertz CT molecular complexity index is 963. The molecule has 138 valence electrons. The van der Waals surface area contributed by atoms with E-state index in [0.717, 1.165) is 0 Å². The fourth-order valence-electron chi connectivity index (χ4n) is 2.40. The molecular weight excluding hydrogens is 368 g/mol. The van der Waals surface area contributed by atoms with Crippen molar-refractivity contribution < 1.29 is 18.8 Å². The van der Waals surface area contributed by atoms with Crippen LogP contribution in [0.15, 0.2) is 53.1 Å². The van der Waals surface area contributed by atoms with Gasteiger partial charge < -0.3 is 14.6 Å². The van der Waals surface area contributed by atoms with E-state index in [-0.39, 0.29) is 18.1 Å². The Morgan fingerprint density at radius 2 is 1.78 bits per heavy atom. The number of anilines is 1. The minimum Gasteiger partial charge on any atom is -0.489 e. The number of hydrogen-bond acceptors (Lipinski definition) is 5. The molecule has 1 heterocycles. The van der Waals surface area contributed by atoms with E-state index >= 15 is 0 Å². The lowest BCUT2D eigenvalue weighted by molar-refractivity contribution is 0.101. The molecule has 0 unspecified atom stereocenters. The molecule has 0 saturated heterocycles. The highest BCUT2D eigenvalue weighted by molar-refractivity contribution is 6.30. The zero-order valence-electron chi connectivity index (χ0n) is 14.8. The van der Waals surface area contributed by atoms with Crippen LogP contribution in [-0.4, -0.2) is 16.8 Å². The largest absolute Gasteiger partial charge is 0.489 e. The van der Waals surface area contributed by atoms with Gasteiger partial charge in [-0.1, -0.05) is 16.8 Å². The summed E-state index contributed by atoms with van der Waals surface area (Å²) in [5.74, 6) is 0.658. The normalized spacial score (nSPS) is 10.5. The maximum Gasteiger partial charge on any atom is 0.278 e. The Morgan fingerprint density at radius 3 is 2.41 bits per heavy atom. The van der Waals surface area contributed by atoms with Gasteiger partial charge in [-0.15, -0.1) is 0 Å². The molecule has 0 radical (unpaired) electrons. The first kappa shape index (κ1) is 18.7. The summed E-state index contributed by atoms with van der Waals surface area (Å²) in [6.07, 6.45) is 0. The molecule has 0 bridgehead atoms. The Morgan fingerprint density at radius 1 is 1.11 bits per heavy atom. The number of rotatable bonds is 6. The third-order valence-electron chi connectivity index (χ3n) is 3.95. The van der Waals surface area contributed by atoms with E-state index in [9.17, 15) is 9.59 Å². The van der Waals surface area contributed by atoms with Crippen molar-refractivity contribution in [3.63, 3.8) is 0 Å². The van der Waals surface area contributed by atoms with E-state index < -0.39 is 5.91 Å². The van der Waals surface area contributed by atoms with E-state index in [1.54, 1.807) is 55.5 Å². The average molecular weight is 385 g/mol. The average Bonchev–Trinajstić information content (AvgIpc) is 3.02. The zero-order chi connectivity index (χ0) is 19.4. The van der Waals surface area contributed by atoms with E-state index in [2.05, 4.69) is 10.5 Å². The van der Waals surface area contributed by atoms with Gasteiger partial charge in [0.05, 0.1) is 5.56 Å². The maximum atomic E-state index is 12.5. The van der Waals surface area contributed by atoms with Gasteiger partial charge in [0.15, 0.2) is 11.5 Å². The monoisotopic (exact) mass is 384 g/mol. The smallest absolute Gasteiger partial charge is 0.278 e. The predicted molar refractivity (Wildman–Crippen MR) is 101 cm³/mol. The molecule has 0 aliphatic heterocycles. The number of nitrogens with zero attached hydrogens (tertiary/aromatic N) is 1. The zero-order valence-corrected chi connectivity index (χ0v) is 15.5. The number of ketones is 1. The van der Waals surface area contributed by atoms with E-state index in [4.69, 9.17) is 20.9 Å². The first-order valence-corrected chi connectivity index (χ1v) is 8.57. The molecule has 1 aromatic heterocycles. The molecule has 3 rings (SSSR count). The summed E-state index contributed by atoms with van der Waals surface area (Å²) in [6, 6.07) is 13.5. The molecule has 7 heteroatoms. The molecular formula is C20H17ClN2O4. The summed E-state index contributed by atoms with van der Waals surface area (Å²) < 4.78 is 10.8. The van der Waals surface area contributed by atoms with Gasteiger partial charge >= 0.3 is 0 Å². The molecule has 1 N–H and O–H groups in total. The number of nitrogens with one attached hydrogen (secondary N) is 1. The van der Waals surface area contributed by atoms with Crippen LogP contribution in [0, 0.1) is 6.92 Å². The first-order valence-electron chi connectivity index (χ1n) is 8.20. The van der Waals surface area contributed by atoms with Gasteiger partial charge in [0, 0.05) is 16.3 Å². The van der Waals surface area contributed by atoms with Crippen LogP contribution in [0.3, 0.4) is 0 Å². The third-order valence-corrected chi connectivity index (χ3v) is 4.20. The lowest BCUT2D eigenvalue weighted by Gasteiger charge is -2.08. The summed E-state index contributed by atoms with van der Waals surface area (Å²) in [5, 5.41) is 7.19. The van der Waals surface area contributed by atoms with Crippen molar-refractivity contribution in [1.82, 2.24) is 5.16 Å². The van der Waals surface area contributed by atoms with Gasteiger partial charge in [0.25, 0.3) is 5.91 Å². The van der Waals surface area contributed by atoms with Crippen LogP contribution in [0.4, 0.5) is 5.69 Å². The lowest BCUT2D eigenvalue weighted by atomic mass is 10.1. The Kier molecular flexibility index (Phi) is 5.57. The molecule has 2 aromatic carbocycles. The van der Waals surface area contributed by atoms with Crippen LogP contribution in [-0.2, 0) is 6.61 Å². The number of Topliss-reactive ketones (excluding diaryl/α,β-unsaturated/α-hetero) is 1. The number of aromatic nitrogens is 1. The second kappa shape index (κ2) is 8.05. The van der Waals surface area contributed by atoms with Gasteiger partial charge in [-0.2, -0.15) is 0 Å². The molecule has 0 saturated carbocycles. The summed E-state index contributed by atoms with van der Waals surface area (Å²) in [7, 11) is 0. The summed E-state index contributed by atoms with van der Waals surface area (Å²) in [5.41, 5.74) is 1.83. The van der Waals surface area contributed by atoms with E-state index in [1.807, 2.05) is 0 Å². The summed E-state index contributed by atoms with van der Waals surface area (Å²) in [6.45, 7) is 3.33. The highest BCUT2D eigenvalue weighted by atomic mass is 35.5. The molecule has 3 aromatic rings. The number of ether oxygens (including phenoxy) is 1. The van der Waals surface area contributed by atoms with Crippen molar-refractivity contribution in [2.45, 2.75) is 20.5 Å². The number of hydrogen-bond donors (Lipinski definition) is 1. The molecule has 6 nitrogen and oxygen atoms in total. The van der Waals surface area contributed by atoms with Crippen LogP contribution >= 0.6 is 11.6 Å². The van der Waals surface area contributed by atoms with Gasteiger partial charge in [0.2, 0.25) is 0 Å². The van der Waals surface area contributed by atoms with Crippen LogP contribution in [0.1, 0.15) is 39.1 Å². The Labute approximate surface area is 161 Å².